The van der Waals surface area contributed by atoms with E-state index >= 15 is 0 Å². The predicted molar refractivity (Wildman–Crippen MR) is 424 cm³/mol. The van der Waals surface area contributed by atoms with Gasteiger partial charge in [-0.3, -0.25) is 39.9 Å². The average molecular weight is 1940 g/mol. The minimum absolute atomic E-state index is 0. The Morgan fingerprint density at radius 3 is 0.457 bits per heavy atom. The monoisotopic (exact) mass is 1940 g/mol. The minimum Gasteiger partial charge on any atom is -2.00 e. The molecule has 32 rings (SSSR count). The van der Waals surface area contributed by atoms with Crippen molar-refractivity contribution in [3.63, 3.8) is 0 Å². The Labute approximate surface area is 784 Å². The van der Waals surface area contributed by atoms with Crippen molar-refractivity contribution in [1.82, 2.24) is 39.9 Å². The number of aromatic nitrogens is 8. The van der Waals surface area contributed by atoms with E-state index in [1.807, 2.05) is 0 Å². The minimum atomic E-state index is -4.94. The Balaban J connectivity index is 0.000000144. The fraction of sp³-hybridized carbons (Fsp3) is 0.583. The standard InChI is InChI=1S/4C24H28N2.4ClHO4.2Fe.2H2O.O/c4*1-23(2)16-6-14-11-25-22(10-17(14)19(23)8-16)21-7-13-5-15-9-20(24(15,3)4)18(13)12-26-21;4*2-1(3,4)5;;;;;/h4*7,10-12,15-16,19-20H,5-6,8-9H2,1-4H3;4*(H,2,3,4,5);;;2*1H2;/q;;;;;;;;2*+3;;;-2/p-4/t4*15-,16-,19-,20-;;;;;;;;;/m0000........./s1. The third-order valence-electron chi connectivity index (χ3n) is 35.7. The van der Waals surface area contributed by atoms with Crippen molar-refractivity contribution in [1.29, 1.82) is 0 Å². The molecule has 8 aromatic heterocycles. The molecule has 2 radical (unpaired) electrons. The van der Waals surface area contributed by atoms with Crippen LogP contribution in [0.3, 0.4) is 0 Å². The molecule has 0 aromatic carbocycles. The van der Waals surface area contributed by atoms with Gasteiger partial charge in [0.15, 0.2) is 0 Å². The van der Waals surface area contributed by atoms with E-state index in [1.165, 1.54) is 169 Å². The van der Waals surface area contributed by atoms with Crippen LogP contribution < -0.4 is 74.5 Å². The van der Waals surface area contributed by atoms with Gasteiger partial charge in [0.1, 0.15) is 0 Å². The molecule has 0 saturated heterocycles. The van der Waals surface area contributed by atoms with Gasteiger partial charge in [-0.1, -0.05) is 111 Å². The summed E-state index contributed by atoms with van der Waals surface area (Å²) in [5, 5.41) is 0. The molecule has 8 heterocycles. The van der Waals surface area contributed by atoms with E-state index in [2.05, 4.69) is 209 Å². The summed E-state index contributed by atoms with van der Waals surface area (Å²) in [6.07, 6.45) is 37.8. The molecule has 8 saturated carbocycles. The summed E-state index contributed by atoms with van der Waals surface area (Å²) in [7, 11) is -19.8. The first-order valence-corrected chi connectivity index (χ1v) is 48.7. The molecular weight excluding hydrogens is 1820 g/mol. The van der Waals surface area contributed by atoms with Crippen LogP contribution in [0.2, 0.25) is 0 Å². The normalized spacial score (nSPS) is 29.4. The number of hydrogen-bond acceptors (Lipinski definition) is 24. The Hall–Kier alpha value is -5.36. The number of hydrogen-bond donors (Lipinski definition) is 0. The van der Waals surface area contributed by atoms with Crippen LogP contribution in [-0.2, 0) is 91.0 Å². The van der Waals surface area contributed by atoms with E-state index in [4.69, 9.17) is 114 Å². The maximum Gasteiger partial charge on any atom is 3.00 e. The van der Waals surface area contributed by atoms with Crippen LogP contribution in [0.1, 0.15) is 299 Å². The van der Waals surface area contributed by atoms with Crippen LogP contribution in [0, 0.1) is 132 Å². The molecule has 24 aliphatic rings. The van der Waals surface area contributed by atoms with Crippen LogP contribution in [0.4, 0.5) is 0 Å². The molecule has 0 amide bonds. The summed E-state index contributed by atoms with van der Waals surface area (Å²) in [6.45, 7) is 39.0. The van der Waals surface area contributed by atoms with Gasteiger partial charge in [0.05, 0.1) is 45.6 Å². The Bertz CT molecular complexity index is 4850. The van der Waals surface area contributed by atoms with Gasteiger partial charge in [0, 0.05) is 49.6 Å². The molecule has 8 fully saturated rings. The van der Waals surface area contributed by atoms with Crippen LogP contribution in [-0.4, -0.2) is 50.8 Å². The molecule has 33 heteroatoms. The van der Waals surface area contributed by atoms with Gasteiger partial charge < -0.3 is 16.4 Å². The third kappa shape index (κ3) is 19.0. The van der Waals surface area contributed by atoms with Crippen molar-refractivity contribution < 1.29 is 166 Å². The molecule has 0 aliphatic heterocycles. The van der Waals surface area contributed by atoms with Crippen LogP contribution in [0.5, 0.6) is 0 Å². The maximum absolute atomic E-state index is 8.49. The van der Waals surface area contributed by atoms with E-state index in [9.17, 15) is 0 Å². The van der Waals surface area contributed by atoms with E-state index < -0.39 is 41.0 Å². The predicted octanol–water partition coefficient (Wildman–Crippen LogP) is 1.26. The van der Waals surface area contributed by atoms with Crippen molar-refractivity contribution in [2.45, 2.75) is 261 Å². The summed E-state index contributed by atoms with van der Waals surface area (Å²) < 4.78 is 136. The number of rotatable bonds is 4. The van der Waals surface area contributed by atoms with Gasteiger partial charge in [-0.2, -0.15) is 0 Å². The molecular formula is C96H116Cl4Fe2N8O19. The van der Waals surface area contributed by atoms with Gasteiger partial charge in [-0.05, 0) is 378 Å². The molecule has 16 bridgehead atoms. The van der Waals surface area contributed by atoms with Crippen molar-refractivity contribution in [3.05, 3.63) is 187 Å². The van der Waals surface area contributed by atoms with E-state index in [1.54, 1.807) is 22.3 Å². The largest absolute Gasteiger partial charge is 3.00 e. The first-order valence-electron chi connectivity index (χ1n) is 43.8. The van der Waals surface area contributed by atoms with E-state index in [-0.39, 0.29) is 50.6 Å². The Morgan fingerprint density at radius 2 is 0.318 bits per heavy atom. The second-order valence-corrected chi connectivity index (χ2v) is 46.8. The van der Waals surface area contributed by atoms with Crippen molar-refractivity contribution in [2.24, 2.45) is 90.7 Å². The second-order valence-electron chi connectivity index (χ2n) is 43.7. The third-order valence-corrected chi connectivity index (χ3v) is 35.7. The first kappa shape index (κ1) is 103. The van der Waals surface area contributed by atoms with Crippen molar-refractivity contribution >= 4 is 0 Å². The van der Waals surface area contributed by atoms with Crippen molar-refractivity contribution in [2.75, 3.05) is 0 Å². The Morgan fingerprint density at radius 1 is 0.202 bits per heavy atom. The van der Waals surface area contributed by atoms with Crippen LogP contribution >= 0.6 is 0 Å². The Kier molecular flexibility index (Phi) is 28.1. The molecule has 129 heavy (non-hydrogen) atoms. The molecule has 0 unspecified atom stereocenters. The first-order chi connectivity index (χ1) is 57.4. The molecule has 698 valence electrons. The van der Waals surface area contributed by atoms with Gasteiger partial charge in [-0.25, -0.2) is 74.5 Å². The number of halogens is 4. The molecule has 4 N–H and O–H groups in total. The summed E-state index contributed by atoms with van der Waals surface area (Å²) in [6, 6.07) is 18.8. The van der Waals surface area contributed by atoms with Crippen molar-refractivity contribution in [3.8, 4) is 45.6 Å². The van der Waals surface area contributed by atoms with E-state index in [0.29, 0.717) is 90.7 Å². The molecule has 16 atom stereocenters. The SMILES string of the molecule is CC1(C)[C@H]2Cc3cc(-c4cc5c(cn4)C[C@H]4C[C@@H]5C4(C)C)ncc3[C@@H]1C2.CC1(C)[C@H]2Cc3cc(-c4cc5c(cn4)C[C@H]4C[C@@H]5C4(C)C)ncc3[C@@H]1C2.CC1(C)[C@H]2Cc3cc(-c4cc5c(cn4)C[C@H]4C[C@@H]5C4(C)C)ncc3[C@@H]1C2.CC1(C)[C@H]2Cc3cc(-c4cc5c(cn4)C[C@H]4C[C@@H]5C4(C)C)ncc3[C@@H]1C2.O.O.[Fe+3].[Fe+3].[O-2].[O-][Cl+3]([O-])([O-])[O-].[O-][Cl+3]([O-])([O-])[O-].[O-][Cl+3]([O-])([O-])[O-].[O-][Cl+3]([O-])([O-])[O-]. The topological polar surface area (TPSA) is 564 Å². The number of pyridine rings is 8. The van der Waals surface area contributed by atoms with Gasteiger partial charge >= 0.3 is 34.1 Å². The zero-order chi connectivity index (χ0) is 89.4. The van der Waals surface area contributed by atoms with Gasteiger partial charge in [0.25, 0.3) is 0 Å². The molecule has 8 aromatic rings. The fourth-order valence-corrected chi connectivity index (χ4v) is 26.3. The average Bonchev–Trinajstić information content (AvgIpc) is 0.723. The van der Waals surface area contributed by atoms with Crippen LogP contribution in [0.25, 0.3) is 45.6 Å². The summed E-state index contributed by atoms with van der Waals surface area (Å²) >= 11 is 0. The summed E-state index contributed by atoms with van der Waals surface area (Å²) in [5.41, 5.74) is 36.5. The van der Waals surface area contributed by atoms with Crippen LogP contribution in [0.15, 0.2) is 98.1 Å². The fourth-order valence-electron chi connectivity index (χ4n) is 26.3. The zero-order valence-corrected chi connectivity index (χ0v) is 80.8. The molecule has 27 nitrogen and oxygen atoms in total. The van der Waals surface area contributed by atoms with Gasteiger partial charge in [0.2, 0.25) is 0 Å². The maximum atomic E-state index is 8.49. The summed E-state index contributed by atoms with van der Waals surface area (Å²) in [5.74, 6) is 12.5. The van der Waals surface area contributed by atoms with E-state index in [0.717, 1.165) is 92.9 Å². The second kappa shape index (κ2) is 35.3. The zero-order valence-electron chi connectivity index (χ0n) is 75.5. The molecule has 0 spiro atoms. The summed E-state index contributed by atoms with van der Waals surface area (Å²) in [4.78, 5) is 38.7. The number of nitrogens with zero attached hydrogens (tertiary/aromatic N) is 8. The van der Waals surface area contributed by atoms with Gasteiger partial charge in [-0.15, -0.1) is 41.0 Å². The molecule has 24 aliphatic carbocycles. The smallest absolute Gasteiger partial charge is 2.00 e. The quantitative estimate of drug-likeness (QED) is 0.224.